The molecule has 1 aromatic rings. The van der Waals surface area contributed by atoms with Crippen molar-refractivity contribution in [3.8, 4) is 6.07 Å². The summed E-state index contributed by atoms with van der Waals surface area (Å²) in [5, 5.41) is 11.2. The molecule has 0 aromatic heterocycles. The Morgan fingerprint density at radius 2 is 2.18 bits per heavy atom. The number of nitrogens with zero attached hydrogens (tertiary/aromatic N) is 1. The Labute approximate surface area is 97.1 Å². The molecule has 1 fully saturated rings. The first kappa shape index (κ1) is 11.5. The van der Waals surface area contributed by atoms with Crippen LogP contribution in [0.3, 0.4) is 0 Å². The van der Waals surface area contributed by atoms with Crippen LogP contribution in [-0.4, -0.2) is 11.9 Å². The van der Waals surface area contributed by atoms with E-state index >= 15 is 0 Å². The second-order valence-electron chi connectivity index (χ2n) is 4.04. The summed E-state index contributed by atoms with van der Waals surface area (Å²) in [6, 6.07) is 3.99. The highest BCUT2D eigenvalue weighted by Gasteiger charge is 2.32. The van der Waals surface area contributed by atoms with Crippen LogP contribution in [0.1, 0.15) is 23.2 Å². The third-order valence-electron chi connectivity index (χ3n) is 2.69. The van der Waals surface area contributed by atoms with Crippen LogP contribution in [0.5, 0.6) is 0 Å². The molecule has 1 unspecified atom stereocenters. The maximum atomic E-state index is 13.3. The van der Waals surface area contributed by atoms with Gasteiger partial charge in [-0.1, -0.05) is 0 Å². The zero-order chi connectivity index (χ0) is 12.4. The molecule has 88 valence electrons. The largest absolute Gasteiger partial charge is 0.336 e. The maximum Gasteiger partial charge on any atom is 0.255 e. The van der Waals surface area contributed by atoms with E-state index in [2.05, 4.69) is 5.32 Å². The third-order valence-corrected chi connectivity index (χ3v) is 2.69. The summed E-state index contributed by atoms with van der Waals surface area (Å²) >= 11 is 0. The average molecular weight is 236 g/mol. The smallest absolute Gasteiger partial charge is 0.255 e. The fraction of sp³-hybridized carbons (Fsp3) is 0.333. The number of nitrogens with one attached hydrogen (secondary N) is 1. The SMILES string of the molecule is N#CC(NC(=O)c1cc(F)ccc1F)C1CC1. The molecule has 1 saturated carbocycles. The van der Waals surface area contributed by atoms with E-state index in [-0.39, 0.29) is 11.5 Å². The van der Waals surface area contributed by atoms with Gasteiger partial charge in [0.15, 0.2) is 0 Å². The van der Waals surface area contributed by atoms with E-state index < -0.39 is 23.6 Å². The zero-order valence-corrected chi connectivity index (χ0v) is 8.91. The van der Waals surface area contributed by atoms with Gasteiger partial charge >= 0.3 is 0 Å². The van der Waals surface area contributed by atoms with Crippen molar-refractivity contribution in [2.45, 2.75) is 18.9 Å². The highest BCUT2D eigenvalue weighted by atomic mass is 19.1. The van der Waals surface area contributed by atoms with Crippen molar-refractivity contribution >= 4 is 5.91 Å². The monoisotopic (exact) mass is 236 g/mol. The average Bonchev–Trinajstić information content (AvgIpc) is 3.13. The highest BCUT2D eigenvalue weighted by Crippen LogP contribution is 2.32. The van der Waals surface area contributed by atoms with E-state index in [0.717, 1.165) is 31.0 Å². The van der Waals surface area contributed by atoms with Crippen molar-refractivity contribution in [2.75, 3.05) is 0 Å². The fourth-order valence-corrected chi connectivity index (χ4v) is 1.58. The first-order chi connectivity index (χ1) is 8.11. The second-order valence-corrected chi connectivity index (χ2v) is 4.04. The van der Waals surface area contributed by atoms with Gasteiger partial charge in [-0.15, -0.1) is 0 Å². The Morgan fingerprint density at radius 1 is 1.47 bits per heavy atom. The number of hydrogen-bond acceptors (Lipinski definition) is 2. The molecule has 1 N–H and O–H groups in total. The molecule has 1 aromatic carbocycles. The molecule has 0 bridgehead atoms. The zero-order valence-electron chi connectivity index (χ0n) is 8.91. The third kappa shape index (κ3) is 2.59. The minimum atomic E-state index is -0.795. The molecule has 0 radical (unpaired) electrons. The molecule has 2 rings (SSSR count). The molecule has 0 aliphatic heterocycles. The summed E-state index contributed by atoms with van der Waals surface area (Å²) in [6.45, 7) is 0. The van der Waals surface area contributed by atoms with E-state index in [1.807, 2.05) is 6.07 Å². The molecule has 0 saturated heterocycles. The number of carbonyl (C=O) groups is 1. The number of halogens is 2. The van der Waals surface area contributed by atoms with E-state index in [9.17, 15) is 13.6 Å². The first-order valence-corrected chi connectivity index (χ1v) is 5.27. The number of hydrogen-bond donors (Lipinski definition) is 1. The van der Waals surface area contributed by atoms with Crippen LogP contribution in [0.4, 0.5) is 8.78 Å². The Bertz CT molecular complexity index is 492. The molecule has 5 heteroatoms. The molecular formula is C12H10F2N2O. The van der Waals surface area contributed by atoms with E-state index in [1.165, 1.54) is 0 Å². The van der Waals surface area contributed by atoms with Gasteiger partial charge in [0, 0.05) is 0 Å². The summed E-state index contributed by atoms with van der Waals surface area (Å²) in [7, 11) is 0. The summed E-state index contributed by atoms with van der Waals surface area (Å²) < 4.78 is 26.2. The molecule has 17 heavy (non-hydrogen) atoms. The molecule has 3 nitrogen and oxygen atoms in total. The van der Waals surface area contributed by atoms with Gasteiger partial charge < -0.3 is 5.32 Å². The predicted octanol–water partition coefficient (Wildman–Crippen LogP) is 2.00. The summed E-state index contributed by atoms with van der Waals surface area (Å²) in [4.78, 5) is 11.7. The van der Waals surface area contributed by atoms with Gasteiger partial charge in [-0.2, -0.15) is 5.26 Å². The minimum absolute atomic E-state index is 0.139. The second kappa shape index (κ2) is 4.50. The van der Waals surface area contributed by atoms with Crippen LogP contribution in [0.15, 0.2) is 18.2 Å². The molecule has 1 amide bonds. The lowest BCUT2D eigenvalue weighted by molar-refractivity contribution is 0.0937. The van der Waals surface area contributed by atoms with E-state index in [0.29, 0.717) is 0 Å². The van der Waals surface area contributed by atoms with E-state index in [1.54, 1.807) is 0 Å². The van der Waals surface area contributed by atoms with Crippen molar-refractivity contribution in [2.24, 2.45) is 5.92 Å². The van der Waals surface area contributed by atoms with Crippen molar-refractivity contribution in [1.29, 1.82) is 5.26 Å². The van der Waals surface area contributed by atoms with Crippen LogP contribution >= 0.6 is 0 Å². The lowest BCUT2D eigenvalue weighted by atomic mass is 10.1. The lowest BCUT2D eigenvalue weighted by Gasteiger charge is -2.10. The van der Waals surface area contributed by atoms with Gasteiger partial charge in [0.1, 0.15) is 17.7 Å². The fourth-order valence-electron chi connectivity index (χ4n) is 1.58. The van der Waals surface area contributed by atoms with Crippen molar-refractivity contribution < 1.29 is 13.6 Å². The molecule has 1 aliphatic carbocycles. The molecule has 1 atom stereocenters. The van der Waals surface area contributed by atoms with Crippen LogP contribution in [-0.2, 0) is 0 Å². The Hall–Kier alpha value is -1.96. The van der Waals surface area contributed by atoms with Gasteiger partial charge in [0.2, 0.25) is 0 Å². The number of benzene rings is 1. The Balaban J connectivity index is 2.13. The van der Waals surface area contributed by atoms with Crippen molar-refractivity contribution in [3.05, 3.63) is 35.4 Å². The molecule has 0 heterocycles. The number of nitriles is 1. The van der Waals surface area contributed by atoms with Crippen molar-refractivity contribution in [1.82, 2.24) is 5.32 Å². The minimum Gasteiger partial charge on any atom is -0.336 e. The Kier molecular flexibility index (Phi) is 3.05. The molecule has 1 aliphatic rings. The van der Waals surface area contributed by atoms with Gasteiger partial charge in [0.05, 0.1) is 11.6 Å². The van der Waals surface area contributed by atoms with Gasteiger partial charge in [-0.3, -0.25) is 4.79 Å². The highest BCUT2D eigenvalue weighted by molar-refractivity contribution is 5.94. The quantitative estimate of drug-likeness (QED) is 0.872. The number of rotatable bonds is 3. The maximum absolute atomic E-state index is 13.3. The first-order valence-electron chi connectivity index (χ1n) is 5.27. The number of amides is 1. The normalized spacial score (nSPS) is 16.1. The summed E-state index contributed by atoms with van der Waals surface area (Å²) in [5.74, 6) is -2.09. The van der Waals surface area contributed by atoms with Crippen LogP contribution < -0.4 is 5.32 Å². The predicted molar refractivity (Wildman–Crippen MR) is 55.9 cm³/mol. The van der Waals surface area contributed by atoms with Gasteiger partial charge in [0.25, 0.3) is 5.91 Å². The van der Waals surface area contributed by atoms with Gasteiger partial charge in [-0.05, 0) is 37.0 Å². The topological polar surface area (TPSA) is 52.9 Å². The Morgan fingerprint density at radius 3 is 2.76 bits per heavy atom. The summed E-state index contributed by atoms with van der Waals surface area (Å²) in [6.07, 6.45) is 1.76. The van der Waals surface area contributed by atoms with E-state index in [4.69, 9.17) is 5.26 Å². The van der Waals surface area contributed by atoms with Crippen molar-refractivity contribution in [3.63, 3.8) is 0 Å². The standard InChI is InChI=1S/C12H10F2N2O/c13-8-3-4-10(14)9(5-8)12(17)16-11(6-15)7-1-2-7/h3-5,7,11H,1-2H2,(H,16,17). The van der Waals surface area contributed by atoms with Crippen LogP contribution in [0.2, 0.25) is 0 Å². The van der Waals surface area contributed by atoms with Crippen LogP contribution in [0, 0.1) is 28.9 Å². The van der Waals surface area contributed by atoms with Gasteiger partial charge in [-0.25, -0.2) is 8.78 Å². The lowest BCUT2D eigenvalue weighted by Crippen LogP contribution is -2.35. The van der Waals surface area contributed by atoms with Crippen LogP contribution in [0.25, 0.3) is 0 Å². The molecule has 0 spiro atoms. The number of carbonyl (C=O) groups excluding carboxylic acids is 1. The molecular weight excluding hydrogens is 226 g/mol. The summed E-state index contributed by atoms with van der Waals surface area (Å²) in [5.41, 5.74) is -0.370.